The van der Waals surface area contributed by atoms with E-state index in [0.29, 0.717) is 19.4 Å². The number of hydrogen-bond acceptors (Lipinski definition) is 3. The van der Waals surface area contributed by atoms with Crippen LogP contribution in [0.15, 0.2) is 30.3 Å². The summed E-state index contributed by atoms with van der Waals surface area (Å²) in [6.45, 7) is 2.49. The van der Waals surface area contributed by atoms with Crippen molar-refractivity contribution in [1.82, 2.24) is 4.90 Å². The van der Waals surface area contributed by atoms with Gasteiger partial charge < -0.3 is 15.7 Å². The second-order valence-corrected chi connectivity index (χ2v) is 5.50. The summed E-state index contributed by atoms with van der Waals surface area (Å²) in [5.41, 5.74) is 5.81. The number of benzene rings is 1. The van der Waals surface area contributed by atoms with Crippen molar-refractivity contribution >= 4 is 11.9 Å². The normalized spacial score (nSPS) is 22.1. The van der Waals surface area contributed by atoms with Crippen LogP contribution in [0.2, 0.25) is 0 Å². The number of aliphatic carboxylic acids is 1. The lowest BCUT2D eigenvalue weighted by Crippen LogP contribution is -2.54. The molecule has 0 radical (unpaired) electrons. The summed E-state index contributed by atoms with van der Waals surface area (Å²) in [5, 5.41) is 9.09. The van der Waals surface area contributed by atoms with Crippen molar-refractivity contribution in [2.24, 2.45) is 11.7 Å². The van der Waals surface area contributed by atoms with Gasteiger partial charge in [0.05, 0.1) is 5.92 Å². The van der Waals surface area contributed by atoms with E-state index in [4.69, 9.17) is 10.8 Å². The third-order valence-corrected chi connectivity index (χ3v) is 3.88. The predicted molar refractivity (Wildman–Crippen MR) is 74.9 cm³/mol. The van der Waals surface area contributed by atoms with Crippen molar-refractivity contribution in [3.8, 4) is 0 Å². The maximum absolute atomic E-state index is 12.6. The summed E-state index contributed by atoms with van der Waals surface area (Å²) >= 11 is 0. The molecule has 2 atom stereocenters. The van der Waals surface area contributed by atoms with Crippen LogP contribution in [0.25, 0.3) is 0 Å². The molecule has 5 nitrogen and oxygen atoms in total. The summed E-state index contributed by atoms with van der Waals surface area (Å²) in [6.07, 6.45) is 1.32. The molecular formula is C15H20N2O3. The third kappa shape index (κ3) is 2.82. The molecule has 1 aromatic carbocycles. The summed E-state index contributed by atoms with van der Waals surface area (Å²) < 4.78 is 0. The fourth-order valence-corrected chi connectivity index (χ4v) is 2.60. The summed E-state index contributed by atoms with van der Waals surface area (Å²) in [4.78, 5) is 25.2. The molecule has 3 N–H and O–H groups in total. The van der Waals surface area contributed by atoms with Crippen LogP contribution in [-0.4, -0.2) is 35.0 Å². The number of carbonyl (C=O) groups is 2. The first-order valence-corrected chi connectivity index (χ1v) is 6.79. The zero-order valence-corrected chi connectivity index (χ0v) is 11.6. The van der Waals surface area contributed by atoms with E-state index < -0.39 is 17.4 Å². The Labute approximate surface area is 118 Å². The van der Waals surface area contributed by atoms with E-state index in [2.05, 4.69) is 0 Å². The zero-order valence-electron chi connectivity index (χ0n) is 11.6. The molecule has 1 aliphatic rings. The van der Waals surface area contributed by atoms with Crippen LogP contribution in [0.5, 0.6) is 0 Å². The van der Waals surface area contributed by atoms with E-state index in [0.717, 1.165) is 5.56 Å². The van der Waals surface area contributed by atoms with Crippen LogP contribution in [0.1, 0.15) is 25.3 Å². The molecule has 0 saturated carbocycles. The Hall–Kier alpha value is -1.88. The molecule has 1 aromatic rings. The highest BCUT2D eigenvalue weighted by Crippen LogP contribution is 2.24. The molecule has 0 aromatic heterocycles. The maximum Gasteiger partial charge on any atom is 0.308 e. The lowest BCUT2D eigenvalue weighted by atomic mass is 9.89. The van der Waals surface area contributed by atoms with Gasteiger partial charge in [-0.05, 0) is 25.3 Å². The average molecular weight is 276 g/mol. The number of rotatable bonds is 3. The number of nitrogens with zero attached hydrogens (tertiary/aromatic N) is 1. The van der Waals surface area contributed by atoms with E-state index in [1.54, 1.807) is 11.8 Å². The Balaban J connectivity index is 2.16. The molecule has 0 aliphatic carbocycles. The van der Waals surface area contributed by atoms with Crippen molar-refractivity contribution in [2.75, 3.05) is 13.1 Å². The first-order chi connectivity index (χ1) is 9.43. The molecule has 1 fully saturated rings. The van der Waals surface area contributed by atoms with Gasteiger partial charge in [0.25, 0.3) is 0 Å². The molecule has 1 saturated heterocycles. The van der Waals surface area contributed by atoms with Crippen molar-refractivity contribution in [3.63, 3.8) is 0 Å². The third-order valence-electron chi connectivity index (χ3n) is 3.88. The van der Waals surface area contributed by atoms with Gasteiger partial charge in [-0.25, -0.2) is 0 Å². The number of hydrogen-bond donors (Lipinski definition) is 2. The monoisotopic (exact) mass is 276 g/mol. The van der Waals surface area contributed by atoms with Crippen molar-refractivity contribution in [1.29, 1.82) is 0 Å². The number of nitrogens with two attached hydrogens (primary N) is 1. The molecule has 20 heavy (non-hydrogen) atoms. The minimum absolute atomic E-state index is 0.213. The second-order valence-electron chi connectivity index (χ2n) is 5.50. The minimum Gasteiger partial charge on any atom is -0.481 e. The van der Waals surface area contributed by atoms with Gasteiger partial charge in [-0.1, -0.05) is 30.3 Å². The Morgan fingerprint density at radius 1 is 1.35 bits per heavy atom. The van der Waals surface area contributed by atoms with Gasteiger partial charge in [-0.3, -0.25) is 9.59 Å². The lowest BCUT2D eigenvalue weighted by molar-refractivity contribution is -0.147. The van der Waals surface area contributed by atoms with Gasteiger partial charge in [0.1, 0.15) is 5.54 Å². The number of carboxylic acid groups (broad SMARTS) is 1. The molecule has 0 bridgehead atoms. The van der Waals surface area contributed by atoms with Crippen LogP contribution in [-0.2, 0) is 15.1 Å². The van der Waals surface area contributed by atoms with Crippen molar-refractivity contribution < 1.29 is 14.7 Å². The van der Waals surface area contributed by atoms with Gasteiger partial charge in [-0.2, -0.15) is 0 Å². The first kappa shape index (κ1) is 14.5. The predicted octanol–water partition coefficient (Wildman–Crippen LogP) is 1.18. The fraction of sp³-hybridized carbons (Fsp3) is 0.467. The van der Waals surface area contributed by atoms with Gasteiger partial charge in [0, 0.05) is 13.1 Å². The molecule has 1 aliphatic heterocycles. The van der Waals surface area contributed by atoms with Crippen LogP contribution in [0.3, 0.4) is 0 Å². The standard InChI is InChI=1S/C15H20N2O3/c1-15(16,12-7-3-2-4-8-12)14(20)17-9-5-6-11(10-17)13(18)19/h2-4,7-8,11H,5-6,9-10,16H2,1H3,(H,18,19). The number of likely N-dealkylation sites (tertiary alicyclic amines) is 1. The first-order valence-electron chi connectivity index (χ1n) is 6.79. The van der Waals surface area contributed by atoms with Gasteiger partial charge in [0.15, 0.2) is 0 Å². The van der Waals surface area contributed by atoms with Gasteiger partial charge in [0.2, 0.25) is 5.91 Å². The SMILES string of the molecule is CC(N)(C(=O)N1CCCC(C(=O)O)C1)c1ccccc1. The molecule has 2 unspecified atom stereocenters. The molecule has 5 heteroatoms. The topological polar surface area (TPSA) is 83.6 Å². The van der Waals surface area contributed by atoms with E-state index >= 15 is 0 Å². The van der Waals surface area contributed by atoms with E-state index in [1.165, 1.54) is 0 Å². The van der Waals surface area contributed by atoms with Gasteiger partial charge >= 0.3 is 5.97 Å². The molecular weight excluding hydrogens is 256 g/mol. The van der Waals surface area contributed by atoms with Crippen LogP contribution in [0.4, 0.5) is 0 Å². The quantitative estimate of drug-likeness (QED) is 0.868. The number of piperidine rings is 1. The number of carboxylic acids is 1. The zero-order chi connectivity index (χ0) is 14.8. The second kappa shape index (κ2) is 5.63. The highest BCUT2D eigenvalue weighted by molar-refractivity contribution is 5.87. The minimum atomic E-state index is -1.12. The van der Waals surface area contributed by atoms with E-state index in [1.807, 2.05) is 30.3 Å². The summed E-state index contributed by atoms with van der Waals surface area (Å²) in [6, 6.07) is 9.17. The Morgan fingerprint density at radius 3 is 2.60 bits per heavy atom. The maximum atomic E-state index is 12.6. The molecule has 108 valence electrons. The Morgan fingerprint density at radius 2 is 2.00 bits per heavy atom. The van der Waals surface area contributed by atoms with Crippen molar-refractivity contribution in [3.05, 3.63) is 35.9 Å². The lowest BCUT2D eigenvalue weighted by Gasteiger charge is -2.36. The molecule has 1 heterocycles. The summed E-state index contributed by atoms with van der Waals surface area (Å²) in [7, 11) is 0. The Bertz CT molecular complexity index is 499. The molecule has 2 rings (SSSR count). The molecule has 1 amide bonds. The highest BCUT2D eigenvalue weighted by atomic mass is 16.4. The van der Waals surface area contributed by atoms with Gasteiger partial charge in [-0.15, -0.1) is 0 Å². The molecule has 0 spiro atoms. The number of carbonyl (C=O) groups excluding carboxylic acids is 1. The average Bonchev–Trinajstić information content (AvgIpc) is 2.47. The van der Waals surface area contributed by atoms with Crippen LogP contribution < -0.4 is 5.73 Å². The van der Waals surface area contributed by atoms with Crippen LogP contribution >= 0.6 is 0 Å². The fourth-order valence-electron chi connectivity index (χ4n) is 2.60. The summed E-state index contributed by atoms with van der Waals surface area (Å²) in [5.74, 6) is -1.55. The van der Waals surface area contributed by atoms with E-state index in [-0.39, 0.29) is 12.5 Å². The van der Waals surface area contributed by atoms with Crippen molar-refractivity contribution in [2.45, 2.75) is 25.3 Å². The number of amides is 1. The smallest absolute Gasteiger partial charge is 0.308 e. The van der Waals surface area contributed by atoms with Crippen LogP contribution in [0, 0.1) is 5.92 Å². The van der Waals surface area contributed by atoms with E-state index in [9.17, 15) is 9.59 Å². The largest absolute Gasteiger partial charge is 0.481 e. The highest BCUT2D eigenvalue weighted by Gasteiger charge is 2.37. The Kier molecular flexibility index (Phi) is 4.09.